The van der Waals surface area contributed by atoms with Crippen LogP contribution in [0.2, 0.25) is 0 Å². The number of nitrogens with zero attached hydrogens (tertiary/aromatic N) is 4. The van der Waals surface area contributed by atoms with Crippen molar-refractivity contribution in [3.8, 4) is 0 Å². The van der Waals surface area contributed by atoms with E-state index in [9.17, 15) is 9.18 Å². The van der Waals surface area contributed by atoms with Gasteiger partial charge in [0.05, 0.1) is 6.54 Å². The van der Waals surface area contributed by atoms with Crippen LogP contribution in [-0.4, -0.2) is 66.5 Å². The smallest absolute Gasteiger partial charge is 0.236 e. The summed E-state index contributed by atoms with van der Waals surface area (Å²) in [5, 5.41) is 0. The minimum absolute atomic E-state index is 0.0962. The van der Waals surface area contributed by atoms with Gasteiger partial charge in [0.15, 0.2) is 0 Å². The van der Waals surface area contributed by atoms with E-state index < -0.39 is 0 Å². The summed E-state index contributed by atoms with van der Waals surface area (Å²) in [6.45, 7) is 7.60. The molecule has 2 aliphatic heterocycles. The molecule has 4 rings (SSSR count). The molecule has 28 heavy (non-hydrogen) atoms. The highest BCUT2D eigenvalue weighted by atomic mass is 19.1. The third-order valence-corrected chi connectivity index (χ3v) is 6.07. The Morgan fingerprint density at radius 1 is 1.07 bits per heavy atom. The molecule has 3 heterocycles. The lowest BCUT2D eigenvalue weighted by Gasteiger charge is -2.35. The number of anilines is 1. The van der Waals surface area contributed by atoms with E-state index in [1.807, 2.05) is 41.4 Å². The highest BCUT2D eigenvalue weighted by Gasteiger charge is 2.37. The van der Waals surface area contributed by atoms with E-state index in [2.05, 4.69) is 21.7 Å². The highest BCUT2D eigenvalue weighted by molar-refractivity contribution is 5.79. The van der Waals surface area contributed by atoms with E-state index in [0.717, 1.165) is 50.5 Å². The van der Waals surface area contributed by atoms with Crippen LogP contribution in [0.25, 0.3) is 0 Å². The Bertz CT molecular complexity index is 805. The quantitative estimate of drug-likeness (QED) is 0.815. The van der Waals surface area contributed by atoms with Gasteiger partial charge in [-0.15, -0.1) is 0 Å². The zero-order valence-corrected chi connectivity index (χ0v) is 16.4. The van der Waals surface area contributed by atoms with E-state index in [0.29, 0.717) is 13.1 Å². The fraction of sp³-hybridized carbons (Fsp3) is 0.455. The average Bonchev–Trinajstić information content (AvgIpc) is 3.13. The summed E-state index contributed by atoms with van der Waals surface area (Å²) in [7, 11) is 0. The van der Waals surface area contributed by atoms with Gasteiger partial charge in [0, 0.05) is 50.9 Å². The number of carbonyl (C=O) groups is 1. The van der Waals surface area contributed by atoms with Crippen molar-refractivity contribution in [2.24, 2.45) is 0 Å². The van der Waals surface area contributed by atoms with Gasteiger partial charge in [-0.1, -0.05) is 25.1 Å². The molecule has 5 nitrogen and oxygen atoms in total. The molecule has 6 heteroatoms. The van der Waals surface area contributed by atoms with Crippen LogP contribution in [0.4, 0.5) is 10.2 Å². The second-order valence-corrected chi connectivity index (χ2v) is 8.08. The van der Waals surface area contributed by atoms with Crippen molar-refractivity contribution in [1.29, 1.82) is 0 Å². The van der Waals surface area contributed by atoms with Crippen molar-refractivity contribution in [3.05, 3.63) is 60.0 Å². The molecule has 2 aliphatic rings. The molecule has 0 bridgehead atoms. The van der Waals surface area contributed by atoms with Gasteiger partial charge in [0.25, 0.3) is 0 Å². The summed E-state index contributed by atoms with van der Waals surface area (Å²) < 4.78 is 13.2. The van der Waals surface area contributed by atoms with Crippen LogP contribution in [0.1, 0.15) is 18.9 Å². The number of halogens is 1. The van der Waals surface area contributed by atoms with Crippen molar-refractivity contribution in [2.45, 2.75) is 18.8 Å². The van der Waals surface area contributed by atoms with Crippen molar-refractivity contribution in [1.82, 2.24) is 14.8 Å². The molecule has 0 radical (unpaired) electrons. The van der Waals surface area contributed by atoms with E-state index in [1.165, 1.54) is 12.1 Å². The molecule has 1 atom stereocenters. The monoisotopic (exact) mass is 382 g/mol. The van der Waals surface area contributed by atoms with Gasteiger partial charge in [-0.2, -0.15) is 0 Å². The molecular formula is C22H27FN4O. The molecule has 148 valence electrons. The minimum Gasteiger partial charge on any atom is -0.354 e. The number of hydrogen-bond donors (Lipinski definition) is 0. The van der Waals surface area contributed by atoms with E-state index >= 15 is 0 Å². The van der Waals surface area contributed by atoms with Crippen molar-refractivity contribution >= 4 is 11.7 Å². The highest BCUT2D eigenvalue weighted by Crippen LogP contribution is 2.34. The maximum atomic E-state index is 13.2. The normalized spacial score (nSPS) is 23.2. The van der Waals surface area contributed by atoms with Gasteiger partial charge in [0.2, 0.25) is 5.91 Å². The molecule has 0 saturated carbocycles. The molecule has 0 spiro atoms. The number of likely N-dealkylation sites (tertiary alicyclic amines) is 1. The van der Waals surface area contributed by atoms with E-state index in [-0.39, 0.29) is 17.1 Å². The Labute approximate surface area is 165 Å². The number of hydrogen-bond acceptors (Lipinski definition) is 4. The minimum atomic E-state index is -0.219. The molecular weight excluding hydrogens is 355 g/mol. The lowest BCUT2D eigenvalue weighted by Crippen LogP contribution is -2.50. The molecule has 1 amide bonds. The van der Waals surface area contributed by atoms with Gasteiger partial charge in [-0.25, -0.2) is 9.37 Å². The summed E-state index contributed by atoms with van der Waals surface area (Å²) in [6.07, 6.45) is 2.73. The Hall–Kier alpha value is -2.47. The van der Waals surface area contributed by atoms with E-state index in [1.54, 1.807) is 0 Å². The van der Waals surface area contributed by atoms with Gasteiger partial charge in [-0.3, -0.25) is 9.69 Å². The van der Waals surface area contributed by atoms with Gasteiger partial charge in [0.1, 0.15) is 11.6 Å². The summed E-state index contributed by atoms with van der Waals surface area (Å²) in [4.78, 5) is 23.7. The summed E-state index contributed by atoms with van der Waals surface area (Å²) in [5.41, 5.74) is 1.01. The first-order chi connectivity index (χ1) is 13.5. The molecule has 1 aromatic heterocycles. The Morgan fingerprint density at radius 3 is 2.50 bits per heavy atom. The number of piperazine rings is 1. The molecule has 0 aliphatic carbocycles. The molecule has 2 fully saturated rings. The van der Waals surface area contributed by atoms with Gasteiger partial charge < -0.3 is 9.80 Å². The Kier molecular flexibility index (Phi) is 5.31. The topological polar surface area (TPSA) is 39.7 Å². The standard InChI is InChI=1S/C22H27FN4O/c1-22(18-5-7-19(23)8-6-18)9-11-27(17-22)21(28)16-25-12-14-26(15-13-25)20-4-2-3-10-24-20/h2-8,10H,9,11-17H2,1H3. The lowest BCUT2D eigenvalue weighted by atomic mass is 9.82. The Balaban J connectivity index is 1.30. The number of amides is 1. The van der Waals surface area contributed by atoms with Crippen LogP contribution >= 0.6 is 0 Å². The summed E-state index contributed by atoms with van der Waals surface area (Å²) in [5.74, 6) is 0.975. The van der Waals surface area contributed by atoms with Crippen LogP contribution < -0.4 is 4.90 Å². The number of rotatable bonds is 4. The van der Waals surface area contributed by atoms with Crippen LogP contribution in [0.3, 0.4) is 0 Å². The maximum Gasteiger partial charge on any atom is 0.236 e. The Morgan fingerprint density at radius 2 is 1.82 bits per heavy atom. The third kappa shape index (κ3) is 4.02. The predicted molar refractivity (Wildman–Crippen MR) is 108 cm³/mol. The molecule has 2 saturated heterocycles. The number of benzene rings is 1. The fourth-order valence-electron chi connectivity index (χ4n) is 4.23. The SMILES string of the molecule is CC1(c2ccc(F)cc2)CCN(C(=O)CN2CCN(c3ccccn3)CC2)C1. The van der Waals surface area contributed by atoms with Crippen LogP contribution in [0.5, 0.6) is 0 Å². The number of carbonyl (C=O) groups excluding carboxylic acids is 1. The fourth-order valence-corrected chi connectivity index (χ4v) is 4.23. The van der Waals surface area contributed by atoms with Crippen molar-refractivity contribution in [3.63, 3.8) is 0 Å². The first-order valence-electron chi connectivity index (χ1n) is 9.96. The zero-order chi connectivity index (χ0) is 19.6. The van der Waals surface area contributed by atoms with Crippen molar-refractivity contribution in [2.75, 3.05) is 50.7 Å². The average molecular weight is 382 g/mol. The largest absolute Gasteiger partial charge is 0.354 e. The molecule has 0 N–H and O–H groups in total. The number of aromatic nitrogens is 1. The first kappa shape index (κ1) is 18.9. The van der Waals surface area contributed by atoms with Gasteiger partial charge >= 0.3 is 0 Å². The first-order valence-corrected chi connectivity index (χ1v) is 9.96. The lowest BCUT2D eigenvalue weighted by molar-refractivity contribution is -0.131. The second-order valence-electron chi connectivity index (χ2n) is 8.08. The van der Waals surface area contributed by atoms with Gasteiger partial charge in [-0.05, 0) is 36.2 Å². The zero-order valence-electron chi connectivity index (χ0n) is 16.4. The third-order valence-electron chi connectivity index (χ3n) is 6.07. The molecule has 1 aromatic carbocycles. The van der Waals surface area contributed by atoms with Crippen molar-refractivity contribution < 1.29 is 9.18 Å². The maximum absolute atomic E-state index is 13.2. The van der Waals surface area contributed by atoms with E-state index in [4.69, 9.17) is 0 Å². The summed E-state index contributed by atoms with van der Waals surface area (Å²) in [6, 6.07) is 12.7. The second kappa shape index (κ2) is 7.87. The van der Waals surface area contributed by atoms with Crippen LogP contribution in [0.15, 0.2) is 48.7 Å². The van der Waals surface area contributed by atoms with Crippen LogP contribution in [0, 0.1) is 5.82 Å². The molecule has 2 aromatic rings. The number of pyridine rings is 1. The molecule has 1 unspecified atom stereocenters. The van der Waals surface area contributed by atoms with Crippen LogP contribution in [-0.2, 0) is 10.2 Å². The predicted octanol–water partition coefficient (Wildman–Crippen LogP) is 2.53. The summed E-state index contributed by atoms with van der Waals surface area (Å²) >= 11 is 0.